The van der Waals surface area contributed by atoms with E-state index in [1.807, 2.05) is 16.0 Å². The van der Waals surface area contributed by atoms with Crippen molar-refractivity contribution >= 4 is 76.6 Å². The predicted octanol–water partition coefficient (Wildman–Crippen LogP) is -7.46. The molecule has 33 nitrogen and oxygen atoms in total. The van der Waals surface area contributed by atoms with Crippen molar-refractivity contribution in [2.45, 2.75) is 43.5 Å². The fourth-order valence-electron chi connectivity index (χ4n) is 5.76. The van der Waals surface area contributed by atoms with Crippen LogP contribution in [0.2, 0.25) is 0 Å². The van der Waals surface area contributed by atoms with Gasteiger partial charge < -0.3 is 103 Å². The maximum Gasteiger partial charge on any atom is 0.338 e. The highest BCUT2D eigenvalue weighted by Gasteiger charge is 2.36. The number of rotatable bonds is 23. The van der Waals surface area contributed by atoms with Crippen LogP contribution in [0.15, 0.2) is 86.7 Å². The average Bonchev–Trinajstić information content (AvgIpc) is 3.28. The minimum atomic E-state index is -2.47. The summed E-state index contributed by atoms with van der Waals surface area (Å²) in [5, 5.41) is 54.4. The van der Waals surface area contributed by atoms with E-state index in [2.05, 4.69) is 30.6 Å². The Balaban J connectivity index is 2.04. The van der Waals surface area contributed by atoms with Crippen molar-refractivity contribution in [2.75, 3.05) is 12.0 Å². The first-order valence-corrected chi connectivity index (χ1v) is 19.4. The molecule has 70 heavy (non-hydrogen) atoms. The number of carbonyl (C=O) groups is 7. The number of aliphatic hydroxyl groups excluding tert-OH is 1. The van der Waals surface area contributed by atoms with Gasteiger partial charge in [-0.1, -0.05) is 30.3 Å². The number of nitrogens with one attached hydrogen (secondary N) is 5. The fraction of sp³-hybridized carbons (Fsp3) is 0.216. The number of ether oxygens (including phenoxy) is 1. The zero-order valence-electron chi connectivity index (χ0n) is 36.3. The number of benzene rings is 3. The molecular weight excluding hydrogens is 933 g/mol. The lowest BCUT2D eigenvalue weighted by Gasteiger charge is -2.32. The normalized spacial score (nSPS) is 13.0. The highest BCUT2D eigenvalue weighted by Crippen LogP contribution is 2.32. The Morgan fingerprint density at radius 1 is 0.657 bits per heavy atom. The first-order chi connectivity index (χ1) is 32.8. The summed E-state index contributed by atoms with van der Waals surface area (Å²) in [6.45, 7) is -0.668. The molecule has 0 bridgehead atoms. The van der Waals surface area contributed by atoms with Gasteiger partial charge in [0.1, 0.15) is 17.5 Å². The Morgan fingerprint density at radius 3 is 1.57 bits per heavy atom. The van der Waals surface area contributed by atoms with Gasteiger partial charge in [0.05, 0.1) is 23.3 Å². The molecule has 3 aromatic rings. The van der Waals surface area contributed by atoms with Gasteiger partial charge in [-0.2, -0.15) is 0 Å². The monoisotopic (exact) mass is 980 g/mol. The molecule has 0 spiro atoms. The molecule has 3 rings (SSSR count). The van der Waals surface area contributed by atoms with Gasteiger partial charge in [0.25, 0.3) is 35.2 Å². The topological polar surface area (TPSA) is 580 Å². The number of phenolic OH excluding ortho intramolecular Hbond substituents is 1. The third kappa shape index (κ3) is 15.5. The SMILES string of the molecule is COc1ccc(O)c(CN(c2ccc([N+](=O)[O-])cc2C(=O)O)C(O)C(=O)NC(C(=O)NC(N=C(N)N)C(=O)NC(N=C(N)N)C(=O)NC(N=C(N)N)C(=O)NC(N=C(N)N)C(N)=O)c2ccccc2)c1. The summed E-state index contributed by atoms with van der Waals surface area (Å²) in [7, 11) is 1.29. The van der Waals surface area contributed by atoms with Crippen LogP contribution in [0.4, 0.5) is 11.4 Å². The van der Waals surface area contributed by atoms with Gasteiger partial charge in [0.15, 0.2) is 23.8 Å². The van der Waals surface area contributed by atoms with Crippen LogP contribution >= 0.6 is 0 Å². The molecule has 0 radical (unpaired) electrons. The van der Waals surface area contributed by atoms with Gasteiger partial charge >= 0.3 is 5.97 Å². The summed E-state index contributed by atoms with van der Waals surface area (Å²) < 4.78 is 5.20. The van der Waals surface area contributed by atoms with Gasteiger partial charge in [0.2, 0.25) is 36.8 Å². The molecule has 0 aliphatic heterocycles. The van der Waals surface area contributed by atoms with Gasteiger partial charge in [-0.25, -0.2) is 24.8 Å². The van der Waals surface area contributed by atoms with Crippen LogP contribution in [0.1, 0.15) is 27.5 Å². The van der Waals surface area contributed by atoms with Crippen molar-refractivity contribution in [2.24, 2.45) is 71.6 Å². The van der Waals surface area contributed by atoms with Crippen LogP contribution in [0.25, 0.3) is 0 Å². The minimum Gasteiger partial charge on any atom is -0.508 e. The zero-order valence-corrected chi connectivity index (χ0v) is 36.3. The molecule has 0 fully saturated rings. The highest BCUT2D eigenvalue weighted by atomic mass is 16.6. The number of aromatic carboxylic acids is 1. The number of aliphatic imine (C=N–C) groups is 4. The van der Waals surface area contributed by atoms with E-state index in [4.69, 9.17) is 56.3 Å². The lowest BCUT2D eigenvalue weighted by molar-refractivity contribution is -0.384. The predicted molar refractivity (Wildman–Crippen MR) is 244 cm³/mol. The molecule has 6 atom stereocenters. The lowest BCUT2D eigenvalue weighted by atomic mass is 10.1. The Bertz CT molecular complexity index is 2600. The number of primary amides is 1. The molecule has 6 unspecified atom stereocenters. The molecule has 0 aliphatic rings. The largest absolute Gasteiger partial charge is 0.508 e. The number of hydrogen-bond donors (Lipinski definition) is 17. The van der Waals surface area contributed by atoms with Gasteiger partial charge in [0, 0.05) is 24.2 Å². The minimum absolute atomic E-state index is 0.0248. The molecule has 3 aromatic carbocycles. The summed E-state index contributed by atoms with van der Waals surface area (Å²) >= 11 is 0. The van der Waals surface area contributed by atoms with Crippen molar-refractivity contribution in [3.05, 3.63) is 93.5 Å². The number of nitro benzene ring substituents is 1. The van der Waals surface area contributed by atoms with Gasteiger partial charge in [-0.15, -0.1) is 0 Å². The first-order valence-electron chi connectivity index (χ1n) is 19.4. The van der Waals surface area contributed by atoms with Gasteiger partial charge in [-0.3, -0.25) is 38.9 Å². The number of non-ortho nitro benzene ring substituents is 1. The smallest absolute Gasteiger partial charge is 0.338 e. The average molecular weight is 981 g/mol. The van der Waals surface area contributed by atoms with E-state index < -0.39 is 136 Å². The Morgan fingerprint density at radius 2 is 1.13 bits per heavy atom. The van der Waals surface area contributed by atoms with E-state index in [1.54, 1.807) is 0 Å². The molecular formula is C37H48N20O13. The van der Waals surface area contributed by atoms with E-state index in [0.717, 1.165) is 17.0 Å². The number of nitrogens with two attached hydrogens (primary N) is 9. The fourth-order valence-corrected chi connectivity index (χ4v) is 5.76. The summed E-state index contributed by atoms with van der Waals surface area (Å²) in [5.41, 5.74) is 46.6. The second kappa shape index (κ2) is 24.4. The number of hydrogen-bond acceptors (Lipinski definition) is 17. The quantitative estimate of drug-likeness (QED) is 0.0138. The molecule has 0 aromatic heterocycles. The summed E-state index contributed by atoms with van der Waals surface area (Å²) in [6, 6.07) is 11.4. The summed E-state index contributed by atoms with van der Waals surface area (Å²) in [4.78, 5) is 119. The number of nitro groups is 1. The van der Waals surface area contributed by atoms with Crippen molar-refractivity contribution < 1.29 is 58.5 Å². The maximum absolute atomic E-state index is 14.2. The van der Waals surface area contributed by atoms with E-state index in [9.17, 15) is 59.0 Å². The number of aromatic hydroxyl groups is 1. The Labute approximate surface area is 393 Å². The van der Waals surface area contributed by atoms with E-state index in [-0.39, 0.29) is 16.9 Å². The first kappa shape index (κ1) is 54.1. The van der Waals surface area contributed by atoms with Crippen molar-refractivity contribution in [3.8, 4) is 11.5 Å². The Kier molecular flexibility index (Phi) is 18.8. The molecule has 6 amide bonds. The van der Waals surface area contributed by atoms with Crippen LogP contribution < -0.4 is 87.8 Å². The number of methoxy groups -OCH3 is 1. The summed E-state index contributed by atoms with van der Waals surface area (Å²) in [5.74, 6) is -13.4. The summed E-state index contributed by atoms with van der Waals surface area (Å²) in [6.07, 6.45) is -11.0. The molecule has 33 heteroatoms. The van der Waals surface area contributed by atoms with E-state index in [1.165, 1.54) is 55.6 Å². The second-order valence-corrected chi connectivity index (χ2v) is 13.9. The number of phenols is 1. The van der Waals surface area contributed by atoms with Crippen molar-refractivity contribution in [1.82, 2.24) is 26.6 Å². The molecule has 374 valence electrons. The maximum atomic E-state index is 14.2. The number of amides is 6. The number of carboxylic acid groups (broad SMARTS) is 1. The van der Waals surface area contributed by atoms with Crippen LogP contribution in [0.3, 0.4) is 0 Å². The molecule has 0 saturated heterocycles. The third-order valence-electron chi connectivity index (χ3n) is 8.81. The number of nitrogens with zero attached hydrogens (tertiary/aromatic N) is 6. The number of guanidine groups is 4. The zero-order chi connectivity index (χ0) is 52.6. The molecule has 0 aliphatic carbocycles. The van der Waals surface area contributed by atoms with Crippen LogP contribution in [-0.4, -0.2) is 123 Å². The highest BCUT2D eigenvalue weighted by molar-refractivity contribution is 6.00. The standard InChI is InChI=1S/C37H48N20O13/c1-70-17-8-10-20(58)15(11-17)13-56(19-9-7-16(57(68)69)12-18(19)33(66)67)32(65)31(64)47-21(14-5-3-2-4-6-14)27(60)49-24(53-35(41)42)29(62)51-26(55-37(45)46)30(63)50-25(54-36(43)44)28(61)48-23(22(38)59)52-34(39)40/h2-12,21,23-26,32,58,65H,13H2,1H3,(H2,38,59)(H,47,64)(H,48,61)(H,49,60)(H,50,63)(H,51,62)(H,66,67)(H4,39,40,52)(H4,41,42,53)(H4,43,44,54)(H4,45,46,55). The number of carbonyl (C=O) groups excluding carboxylic acids is 6. The molecule has 0 heterocycles. The van der Waals surface area contributed by atoms with Crippen LogP contribution in [0.5, 0.6) is 11.5 Å². The van der Waals surface area contributed by atoms with Crippen molar-refractivity contribution in [3.63, 3.8) is 0 Å². The van der Waals surface area contributed by atoms with Gasteiger partial charge in [-0.05, 0) is 29.8 Å². The number of aliphatic hydroxyl groups is 1. The molecule has 26 N–H and O–H groups in total. The van der Waals surface area contributed by atoms with Crippen LogP contribution in [0, 0.1) is 10.1 Å². The van der Waals surface area contributed by atoms with E-state index in [0.29, 0.717) is 6.07 Å². The van der Waals surface area contributed by atoms with E-state index >= 15 is 0 Å². The Hall–Kier alpha value is -10.2. The third-order valence-corrected chi connectivity index (χ3v) is 8.81. The lowest BCUT2D eigenvalue weighted by Crippen LogP contribution is -2.58. The number of carboxylic acids is 1. The number of anilines is 1. The van der Waals surface area contributed by atoms with Crippen molar-refractivity contribution in [1.29, 1.82) is 0 Å². The molecule has 0 saturated carbocycles. The second-order valence-electron chi connectivity index (χ2n) is 13.9. The van der Waals surface area contributed by atoms with Crippen LogP contribution in [-0.2, 0) is 35.3 Å².